The monoisotopic (exact) mass is 520 g/mol. The van der Waals surface area contributed by atoms with E-state index in [4.69, 9.17) is 4.74 Å². The van der Waals surface area contributed by atoms with Gasteiger partial charge < -0.3 is 20.3 Å². The second kappa shape index (κ2) is 10.3. The van der Waals surface area contributed by atoms with Crippen molar-refractivity contribution in [3.63, 3.8) is 0 Å². The molecule has 0 saturated carbocycles. The van der Waals surface area contributed by atoms with E-state index in [1.54, 1.807) is 14.0 Å². The summed E-state index contributed by atoms with van der Waals surface area (Å²) in [4.78, 5) is 39.8. The van der Waals surface area contributed by atoms with Gasteiger partial charge in [-0.2, -0.15) is 4.31 Å². The van der Waals surface area contributed by atoms with Gasteiger partial charge in [-0.25, -0.2) is 13.2 Å². The molecule has 1 aliphatic carbocycles. The van der Waals surface area contributed by atoms with Crippen LogP contribution in [0.15, 0.2) is 29.2 Å². The Kier molecular flexibility index (Phi) is 7.43. The van der Waals surface area contributed by atoms with Gasteiger partial charge in [0, 0.05) is 43.7 Å². The molecule has 0 unspecified atom stereocenters. The summed E-state index contributed by atoms with van der Waals surface area (Å²) in [5.41, 5.74) is 1.79. The summed E-state index contributed by atoms with van der Waals surface area (Å²) >= 11 is 1.41. The summed E-state index contributed by atoms with van der Waals surface area (Å²) in [6, 6.07) is 5.71. The number of hydrogen-bond acceptors (Lipinski definition) is 7. The lowest BCUT2D eigenvalue weighted by molar-refractivity contribution is 0.0932. The lowest BCUT2D eigenvalue weighted by atomic mass is 10.1. The van der Waals surface area contributed by atoms with Gasteiger partial charge in [0.2, 0.25) is 10.0 Å². The van der Waals surface area contributed by atoms with E-state index in [0.29, 0.717) is 10.6 Å². The van der Waals surface area contributed by atoms with E-state index < -0.39 is 22.0 Å². The maximum Gasteiger partial charge on any atom is 0.409 e. The van der Waals surface area contributed by atoms with Gasteiger partial charge in [0.15, 0.2) is 0 Å². The lowest BCUT2D eigenvalue weighted by Crippen LogP contribution is -2.50. The Morgan fingerprint density at radius 3 is 2.34 bits per heavy atom. The second-order valence-corrected chi connectivity index (χ2v) is 11.3. The van der Waals surface area contributed by atoms with E-state index in [9.17, 15) is 22.8 Å². The van der Waals surface area contributed by atoms with Crippen molar-refractivity contribution in [2.45, 2.75) is 31.1 Å². The second-order valence-electron chi connectivity index (χ2n) is 8.21. The molecule has 3 amide bonds. The van der Waals surface area contributed by atoms with Crippen LogP contribution in [0.5, 0.6) is 0 Å². The van der Waals surface area contributed by atoms with Crippen LogP contribution >= 0.6 is 11.3 Å². The first-order valence-corrected chi connectivity index (χ1v) is 13.7. The summed E-state index contributed by atoms with van der Waals surface area (Å²) in [6.07, 6.45) is 2.24. The molecule has 0 radical (unpaired) electrons. The van der Waals surface area contributed by atoms with E-state index in [2.05, 4.69) is 10.6 Å². The largest absolute Gasteiger partial charge is 0.450 e. The molecule has 2 N–H and O–H groups in total. The fourth-order valence-electron chi connectivity index (χ4n) is 4.29. The fraction of sp³-hybridized carbons (Fsp3) is 0.435. The number of nitrogens with one attached hydrogen (secondary N) is 2. The molecule has 12 heteroatoms. The summed E-state index contributed by atoms with van der Waals surface area (Å²) in [5.74, 6) is -0.647. The van der Waals surface area contributed by atoms with E-state index >= 15 is 0 Å². The topological polar surface area (TPSA) is 125 Å². The van der Waals surface area contributed by atoms with Crippen LogP contribution in [0.1, 0.15) is 44.5 Å². The Morgan fingerprint density at radius 1 is 1.03 bits per heavy atom. The normalized spacial score (nSPS) is 16.0. The number of benzene rings is 1. The molecular formula is C23H28N4O6S2. The minimum absolute atomic E-state index is 0.0692. The van der Waals surface area contributed by atoms with Crippen LogP contribution in [0.3, 0.4) is 0 Å². The molecule has 35 heavy (non-hydrogen) atoms. The number of hydrogen-bond donors (Lipinski definition) is 2. The minimum Gasteiger partial charge on any atom is -0.450 e. The molecule has 2 aliphatic rings. The van der Waals surface area contributed by atoms with Crippen molar-refractivity contribution < 1.29 is 27.5 Å². The van der Waals surface area contributed by atoms with Crippen LogP contribution in [0.4, 0.5) is 9.80 Å². The average Bonchev–Trinajstić information content (AvgIpc) is 3.45. The van der Waals surface area contributed by atoms with Crippen LogP contribution in [0, 0.1) is 0 Å². The van der Waals surface area contributed by atoms with Gasteiger partial charge >= 0.3 is 6.09 Å². The first-order chi connectivity index (χ1) is 16.8. The molecule has 1 saturated heterocycles. The molecule has 2 aromatic rings. The standard InChI is InChI=1S/C23H28N4O6S2/c1-3-33-23(30)26-11-13-27(14-12-26)35(31,32)16-9-7-15(8-10-16)20(28)25-22-19(21(29)24-2)17-5-4-6-18(17)34-22/h7-10H,3-6,11-14H2,1-2H3,(H,24,29)(H,25,28). The maximum absolute atomic E-state index is 13.0. The minimum atomic E-state index is -3.77. The predicted molar refractivity (Wildman–Crippen MR) is 131 cm³/mol. The van der Waals surface area contributed by atoms with Crippen molar-refractivity contribution in [1.29, 1.82) is 0 Å². The summed E-state index contributed by atoms with van der Waals surface area (Å²) in [7, 11) is -2.21. The number of sulfonamides is 1. The lowest BCUT2D eigenvalue weighted by Gasteiger charge is -2.33. The molecule has 1 aromatic carbocycles. The highest BCUT2D eigenvalue weighted by atomic mass is 32.2. The van der Waals surface area contributed by atoms with Crippen LogP contribution in [-0.2, 0) is 27.6 Å². The zero-order chi connectivity index (χ0) is 25.2. The molecule has 1 fully saturated rings. The van der Waals surface area contributed by atoms with Crippen molar-refractivity contribution in [2.75, 3.05) is 45.2 Å². The number of carbonyl (C=O) groups is 3. The van der Waals surface area contributed by atoms with Gasteiger partial charge in [0.05, 0.1) is 17.1 Å². The summed E-state index contributed by atoms with van der Waals surface area (Å²) < 4.78 is 32.4. The van der Waals surface area contributed by atoms with Crippen molar-refractivity contribution in [1.82, 2.24) is 14.5 Å². The number of ether oxygens (including phenoxy) is 1. The van der Waals surface area contributed by atoms with Gasteiger partial charge in [-0.15, -0.1) is 11.3 Å². The van der Waals surface area contributed by atoms with E-state index in [1.807, 2.05) is 0 Å². The molecule has 4 rings (SSSR count). The third-order valence-corrected chi connectivity index (χ3v) is 9.24. The van der Waals surface area contributed by atoms with Gasteiger partial charge in [-0.05, 0) is 56.0 Å². The first-order valence-electron chi connectivity index (χ1n) is 11.5. The number of fused-ring (bicyclic) bond motifs is 1. The fourth-order valence-corrected chi connectivity index (χ4v) is 6.99. The number of anilines is 1. The third-order valence-electron chi connectivity index (χ3n) is 6.12. The average molecular weight is 521 g/mol. The number of aryl methyl sites for hydroxylation is 1. The molecule has 0 spiro atoms. The van der Waals surface area contributed by atoms with Crippen molar-refractivity contribution in [2.24, 2.45) is 0 Å². The van der Waals surface area contributed by atoms with Crippen LogP contribution in [0.25, 0.3) is 0 Å². The van der Waals surface area contributed by atoms with Crippen molar-refractivity contribution in [3.8, 4) is 0 Å². The highest BCUT2D eigenvalue weighted by Gasteiger charge is 2.31. The quantitative estimate of drug-likeness (QED) is 0.602. The summed E-state index contributed by atoms with van der Waals surface area (Å²) in [5, 5.41) is 5.98. The van der Waals surface area contributed by atoms with Crippen LogP contribution in [0.2, 0.25) is 0 Å². The Hall–Kier alpha value is -2.96. The molecule has 0 bridgehead atoms. The molecule has 2 heterocycles. The number of amides is 3. The highest BCUT2D eigenvalue weighted by Crippen LogP contribution is 2.39. The number of carbonyl (C=O) groups excluding carboxylic acids is 3. The van der Waals surface area contributed by atoms with E-state index in [0.717, 1.165) is 29.7 Å². The summed E-state index contributed by atoms with van der Waals surface area (Å²) in [6.45, 7) is 2.80. The zero-order valence-electron chi connectivity index (χ0n) is 19.6. The molecule has 1 aromatic heterocycles. The molecular weight excluding hydrogens is 492 g/mol. The third kappa shape index (κ3) is 5.04. The zero-order valence-corrected chi connectivity index (χ0v) is 21.3. The van der Waals surface area contributed by atoms with Crippen molar-refractivity contribution >= 4 is 44.3 Å². The van der Waals surface area contributed by atoms with Crippen LogP contribution in [-0.4, -0.2) is 75.4 Å². The maximum atomic E-state index is 13.0. The van der Waals surface area contributed by atoms with E-state index in [-0.39, 0.29) is 49.2 Å². The Bertz CT molecular complexity index is 1230. The van der Waals surface area contributed by atoms with Gasteiger partial charge in [0.25, 0.3) is 11.8 Å². The van der Waals surface area contributed by atoms with Crippen molar-refractivity contribution in [3.05, 3.63) is 45.8 Å². The highest BCUT2D eigenvalue weighted by molar-refractivity contribution is 7.89. The number of piperazine rings is 1. The number of thiophene rings is 1. The Morgan fingerprint density at radius 2 is 1.71 bits per heavy atom. The first kappa shape index (κ1) is 25.1. The van der Waals surface area contributed by atoms with Gasteiger partial charge in [0.1, 0.15) is 5.00 Å². The molecule has 188 valence electrons. The Balaban J connectivity index is 1.44. The predicted octanol–water partition coefficient (Wildman–Crippen LogP) is 2.31. The molecule has 0 atom stereocenters. The SMILES string of the molecule is CCOC(=O)N1CCN(S(=O)(=O)c2ccc(C(=O)Nc3sc4c(c3C(=O)NC)CCC4)cc2)CC1. The Labute approximate surface area is 208 Å². The molecule has 1 aliphatic heterocycles. The number of nitrogens with zero attached hydrogens (tertiary/aromatic N) is 2. The van der Waals surface area contributed by atoms with Gasteiger partial charge in [-0.3, -0.25) is 9.59 Å². The smallest absolute Gasteiger partial charge is 0.409 e. The van der Waals surface area contributed by atoms with E-state index in [1.165, 1.54) is 44.8 Å². The van der Waals surface area contributed by atoms with Crippen LogP contribution < -0.4 is 10.6 Å². The molecule has 10 nitrogen and oxygen atoms in total. The van der Waals surface area contributed by atoms with Gasteiger partial charge in [-0.1, -0.05) is 0 Å². The number of rotatable bonds is 6.